The highest BCUT2D eigenvalue weighted by atomic mass is 14.2. The van der Waals surface area contributed by atoms with Gasteiger partial charge in [-0.05, 0) is 158 Å². The average molecular weight is 683 g/mol. The molecule has 0 spiro atoms. The van der Waals surface area contributed by atoms with Crippen LogP contribution in [0.5, 0.6) is 0 Å². The summed E-state index contributed by atoms with van der Waals surface area (Å²) in [5, 5.41) is 15.2. The van der Waals surface area contributed by atoms with Crippen molar-refractivity contribution in [3.8, 4) is 44.5 Å². The molecule has 0 atom stereocenters. The van der Waals surface area contributed by atoms with Crippen LogP contribution in [0, 0.1) is 0 Å². The number of rotatable bonds is 4. The Bertz CT molecular complexity index is 3140. The van der Waals surface area contributed by atoms with Gasteiger partial charge in [0.2, 0.25) is 0 Å². The van der Waals surface area contributed by atoms with Gasteiger partial charge in [-0.2, -0.15) is 0 Å². The summed E-state index contributed by atoms with van der Waals surface area (Å²) in [5.74, 6) is 0. The summed E-state index contributed by atoms with van der Waals surface area (Å²) in [7, 11) is 0. The lowest BCUT2D eigenvalue weighted by Crippen LogP contribution is -1.90. The zero-order valence-electron chi connectivity index (χ0n) is 29.6. The van der Waals surface area contributed by atoms with Gasteiger partial charge in [0.1, 0.15) is 0 Å². The molecule has 0 heteroatoms. The molecule has 0 N–H and O–H groups in total. The summed E-state index contributed by atoms with van der Waals surface area (Å²) in [6.45, 7) is 0. The molecule has 0 aliphatic heterocycles. The Morgan fingerprint density at radius 3 is 1.00 bits per heavy atom. The summed E-state index contributed by atoms with van der Waals surface area (Å²) in [6.07, 6.45) is 0. The van der Waals surface area contributed by atoms with E-state index >= 15 is 0 Å². The lowest BCUT2D eigenvalue weighted by atomic mass is 9.87. The minimum Gasteiger partial charge on any atom is -0.0616 e. The normalized spacial score (nSPS) is 11.7. The largest absolute Gasteiger partial charge is 0.0616 e. The zero-order chi connectivity index (χ0) is 35.6. The third-order valence-electron chi connectivity index (χ3n) is 11.3. The maximum absolute atomic E-state index is 2.41. The first-order valence-corrected chi connectivity index (χ1v) is 18.7. The topological polar surface area (TPSA) is 0 Å². The van der Waals surface area contributed by atoms with E-state index in [1.54, 1.807) is 0 Å². The summed E-state index contributed by atoms with van der Waals surface area (Å²) in [4.78, 5) is 0. The highest BCUT2D eigenvalue weighted by Gasteiger charge is 2.15. The molecule has 0 fully saturated rings. The predicted octanol–water partition coefficient (Wildman–Crippen LogP) is 15.3. The first-order valence-electron chi connectivity index (χ1n) is 18.7. The number of hydrogen-bond acceptors (Lipinski definition) is 0. The van der Waals surface area contributed by atoms with Crippen LogP contribution in [0.15, 0.2) is 206 Å². The van der Waals surface area contributed by atoms with Crippen molar-refractivity contribution in [1.82, 2.24) is 0 Å². The molecule has 11 rings (SSSR count). The van der Waals surface area contributed by atoms with Crippen molar-refractivity contribution in [1.29, 1.82) is 0 Å². The van der Waals surface area contributed by atoms with E-state index in [1.165, 1.54) is 109 Å². The first-order chi connectivity index (χ1) is 26.7. The Morgan fingerprint density at radius 2 is 0.500 bits per heavy atom. The molecule has 54 heavy (non-hydrogen) atoms. The van der Waals surface area contributed by atoms with Crippen molar-refractivity contribution in [3.05, 3.63) is 206 Å². The van der Waals surface area contributed by atoms with Crippen molar-refractivity contribution >= 4 is 64.6 Å². The van der Waals surface area contributed by atoms with Crippen LogP contribution in [0.4, 0.5) is 0 Å². The monoisotopic (exact) mass is 682 g/mol. The predicted molar refractivity (Wildman–Crippen MR) is 233 cm³/mol. The fourth-order valence-electron chi connectivity index (χ4n) is 8.67. The summed E-state index contributed by atoms with van der Waals surface area (Å²) >= 11 is 0. The molecule has 0 nitrogen and oxygen atoms in total. The molecular formula is C54H34. The summed E-state index contributed by atoms with van der Waals surface area (Å²) in [5.41, 5.74) is 9.81. The van der Waals surface area contributed by atoms with Gasteiger partial charge < -0.3 is 0 Å². The van der Waals surface area contributed by atoms with Gasteiger partial charge in [-0.15, -0.1) is 0 Å². The molecular weight excluding hydrogens is 649 g/mol. The van der Waals surface area contributed by atoms with Gasteiger partial charge in [0.25, 0.3) is 0 Å². The minimum atomic E-state index is 1.21. The highest BCUT2D eigenvalue weighted by Crippen LogP contribution is 2.42. The van der Waals surface area contributed by atoms with Crippen molar-refractivity contribution in [3.63, 3.8) is 0 Å². The number of fused-ring (bicyclic) bond motifs is 8. The third-order valence-corrected chi connectivity index (χ3v) is 11.3. The van der Waals surface area contributed by atoms with Gasteiger partial charge in [0.15, 0.2) is 0 Å². The maximum Gasteiger partial charge on any atom is -0.00986 e. The molecule has 11 aromatic carbocycles. The van der Waals surface area contributed by atoms with Crippen LogP contribution in [0.2, 0.25) is 0 Å². The summed E-state index contributed by atoms with van der Waals surface area (Å²) in [6, 6.07) is 76.4. The molecule has 0 radical (unpaired) electrons. The fourth-order valence-corrected chi connectivity index (χ4v) is 8.67. The minimum absolute atomic E-state index is 1.21. The zero-order valence-corrected chi connectivity index (χ0v) is 29.6. The maximum atomic E-state index is 2.41. The second kappa shape index (κ2) is 12.3. The Morgan fingerprint density at radius 1 is 0.167 bits per heavy atom. The van der Waals surface area contributed by atoms with Gasteiger partial charge in [0, 0.05) is 0 Å². The van der Waals surface area contributed by atoms with Crippen LogP contribution >= 0.6 is 0 Å². The van der Waals surface area contributed by atoms with Crippen LogP contribution in [-0.2, 0) is 0 Å². The molecule has 0 saturated carbocycles. The average Bonchev–Trinajstić information content (AvgIpc) is 3.25. The van der Waals surface area contributed by atoms with Crippen LogP contribution in [0.1, 0.15) is 0 Å². The molecule has 0 heterocycles. The molecule has 0 aliphatic carbocycles. The van der Waals surface area contributed by atoms with Crippen molar-refractivity contribution in [2.75, 3.05) is 0 Å². The molecule has 250 valence electrons. The van der Waals surface area contributed by atoms with E-state index in [-0.39, 0.29) is 0 Å². The molecule has 0 bridgehead atoms. The van der Waals surface area contributed by atoms with E-state index in [4.69, 9.17) is 0 Å². The van der Waals surface area contributed by atoms with Crippen LogP contribution in [0.3, 0.4) is 0 Å². The van der Waals surface area contributed by atoms with E-state index in [0.29, 0.717) is 0 Å². The Hall–Kier alpha value is -7.02. The standard InChI is InChI=1S/C54H34/c1-2-12-36-27-37(22-21-35(36)11-1)38-23-24-40-29-41(26-25-39(40)28-38)44-30-45(53-33-42-13-3-5-15-47(42)49-17-7-9-19-51(49)53)32-46(31-44)54-34-43-14-4-6-16-48(43)50-18-8-10-20-52(50)54/h1-34H. The Kier molecular flexibility index (Phi) is 6.97. The third kappa shape index (κ3) is 5.07. The van der Waals surface area contributed by atoms with E-state index in [1.807, 2.05) is 0 Å². The first kappa shape index (κ1) is 30.6. The quantitative estimate of drug-likeness (QED) is 0.162. The van der Waals surface area contributed by atoms with Gasteiger partial charge in [0.05, 0.1) is 0 Å². The van der Waals surface area contributed by atoms with Gasteiger partial charge >= 0.3 is 0 Å². The summed E-state index contributed by atoms with van der Waals surface area (Å²) < 4.78 is 0. The lowest BCUT2D eigenvalue weighted by Gasteiger charge is -2.17. The SMILES string of the molecule is c1ccc2cc(-c3ccc4cc(-c5cc(-c6cc7ccccc7c7ccccc67)cc(-c6cc7ccccc7c7ccccc67)c5)ccc4c3)ccc2c1. The fraction of sp³-hybridized carbons (Fsp3) is 0. The van der Waals surface area contributed by atoms with E-state index in [9.17, 15) is 0 Å². The van der Waals surface area contributed by atoms with Crippen molar-refractivity contribution in [2.45, 2.75) is 0 Å². The Balaban J connectivity index is 1.13. The number of hydrogen-bond donors (Lipinski definition) is 0. The van der Waals surface area contributed by atoms with Crippen molar-refractivity contribution < 1.29 is 0 Å². The van der Waals surface area contributed by atoms with Gasteiger partial charge in [-0.1, -0.05) is 158 Å². The van der Waals surface area contributed by atoms with Gasteiger partial charge in [-0.25, -0.2) is 0 Å². The molecule has 0 unspecified atom stereocenters. The van der Waals surface area contributed by atoms with E-state index in [0.717, 1.165) is 0 Å². The Labute approximate surface area is 314 Å². The van der Waals surface area contributed by atoms with Crippen molar-refractivity contribution in [2.24, 2.45) is 0 Å². The molecule has 0 aliphatic rings. The van der Waals surface area contributed by atoms with Crippen LogP contribution < -0.4 is 0 Å². The smallest absolute Gasteiger partial charge is 0.00986 e. The highest BCUT2D eigenvalue weighted by molar-refractivity contribution is 6.16. The van der Waals surface area contributed by atoms with Crippen LogP contribution in [0.25, 0.3) is 109 Å². The second-order valence-electron chi connectivity index (χ2n) is 14.5. The molecule has 0 amide bonds. The molecule has 11 aromatic rings. The molecule has 0 aromatic heterocycles. The number of benzene rings is 11. The van der Waals surface area contributed by atoms with Crippen LogP contribution in [-0.4, -0.2) is 0 Å². The van der Waals surface area contributed by atoms with Gasteiger partial charge in [-0.3, -0.25) is 0 Å². The van der Waals surface area contributed by atoms with E-state index < -0.39 is 0 Å². The second-order valence-corrected chi connectivity index (χ2v) is 14.5. The van der Waals surface area contributed by atoms with E-state index in [2.05, 4.69) is 206 Å². The molecule has 0 saturated heterocycles. The lowest BCUT2D eigenvalue weighted by molar-refractivity contribution is 1.61.